The molecule has 0 aromatic heterocycles. The summed E-state index contributed by atoms with van der Waals surface area (Å²) in [5.74, 6) is 1.05. The Bertz CT molecular complexity index is 1270. The molecule has 0 unspecified atom stereocenters. The number of amides is 3. The number of likely N-dealkylation sites (tertiary alicyclic amines) is 1. The number of nitrogens with zero attached hydrogens (tertiary/aromatic N) is 2. The fraction of sp³-hybridized carbons (Fsp3) is 0.367. The van der Waals surface area contributed by atoms with Crippen molar-refractivity contribution >= 4 is 46.5 Å². The van der Waals surface area contributed by atoms with E-state index in [4.69, 9.17) is 21.1 Å². The maximum absolute atomic E-state index is 13.1. The van der Waals surface area contributed by atoms with Gasteiger partial charge >= 0.3 is 0 Å². The van der Waals surface area contributed by atoms with Crippen molar-refractivity contribution in [2.45, 2.75) is 39.7 Å². The van der Waals surface area contributed by atoms with E-state index in [-0.39, 0.29) is 17.4 Å². The van der Waals surface area contributed by atoms with Crippen LogP contribution in [0.1, 0.15) is 43.4 Å². The van der Waals surface area contributed by atoms with Gasteiger partial charge in [-0.25, -0.2) is 0 Å². The maximum atomic E-state index is 13.1. The number of piperidine rings is 1. The van der Waals surface area contributed by atoms with Crippen molar-refractivity contribution in [3.8, 4) is 11.5 Å². The van der Waals surface area contributed by atoms with Gasteiger partial charge in [0.05, 0.1) is 11.5 Å². The first-order valence-corrected chi connectivity index (χ1v) is 14.3. The Morgan fingerprint density at radius 2 is 1.87 bits per heavy atom. The average Bonchev–Trinajstić information content (AvgIpc) is 3.17. The number of carbonyl (C=O) groups is 3. The first-order valence-electron chi connectivity index (χ1n) is 13.1. The molecule has 9 heteroatoms. The van der Waals surface area contributed by atoms with Gasteiger partial charge in [-0.05, 0) is 85.3 Å². The summed E-state index contributed by atoms with van der Waals surface area (Å²) in [4.78, 5) is 41.6. The van der Waals surface area contributed by atoms with Crippen LogP contribution in [-0.2, 0) is 22.6 Å². The number of halogens is 1. The van der Waals surface area contributed by atoms with E-state index >= 15 is 0 Å². The van der Waals surface area contributed by atoms with Crippen LogP contribution in [0.3, 0.4) is 0 Å². The molecule has 2 aromatic rings. The Kier molecular flexibility index (Phi) is 9.75. The number of thioether (sulfide) groups is 1. The minimum absolute atomic E-state index is 0.195. The van der Waals surface area contributed by atoms with Crippen molar-refractivity contribution < 1.29 is 23.9 Å². The molecule has 0 atom stereocenters. The number of ether oxygens (including phenoxy) is 2. The van der Waals surface area contributed by atoms with Gasteiger partial charge in [0, 0.05) is 23.7 Å². The number of hydrogen-bond donors (Lipinski definition) is 0. The Morgan fingerprint density at radius 1 is 1.15 bits per heavy atom. The summed E-state index contributed by atoms with van der Waals surface area (Å²) in [5.41, 5.74) is 2.48. The molecule has 4 rings (SSSR count). The molecule has 2 aromatic carbocycles. The quantitative estimate of drug-likeness (QED) is 0.246. The second-order valence-corrected chi connectivity index (χ2v) is 11.1. The van der Waals surface area contributed by atoms with Crippen LogP contribution < -0.4 is 9.47 Å². The van der Waals surface area contributed by atoms with Crippen molar-refractivity contribution in [1.29, 1.82) is 0 Å². The van der Waals surface area contributed by atoms with Crippen LogP contribution in [0.5, 0.6) is 11.5 Å². The summed E-state index contributed by atoms with van der Waals surface area (Å²) < 4.78 is 12.1. The summed E-state index contributed by atoms with van der Waals surface area (Å²) in [7, 11) is 0. The fourth-order valence-corrected chi connectivity index (χ4v) is 5.48. The molecular formula is C30H33ClN2O5S. The summed E-state index contributed by atoms with van der Waals surface area (Å²) >= 11 is 6.84. The average molecular weight is 569 g/mol. The molecule has 7 nitrogen and oxygen atoms in total. The van der Waals surface area contributed by atoms with Gasteiger partial charge in [-0.1, -0.05) is 36.7 Å². The number of benzene rings is 2. The van der Waals surface area contributed by atoms with E-state index < -0.39 is 11.1 Å². The van der Waals surface area contributed by atoms with E-state index in [2.05, 4.69) is 13.5 Å². The van der Waals surface area contributed by atoms with Crippen LogP contribution in [0.4, 0.5) is 4.79 Å². The number of imide groups is 1. The van der Waals surface area contributed by atoms with E-state index in [0.29, 0.717) is 60.7 Å². The monoisotopic (exact) mass is 568 g/mol. The second kappa shape index (κ2) is 13.2. The third kappa shape index (κ3) is 7.25. The van der Waals surface area contributed by atoms with Crippen LogP contribution in [0, 0.1) is 5.92 Å². The SMILES string of the molecule is C=CCc1cc(/C=C2\SC(=O)N(CC(=O)N3CCC(C)CC3)C2=O)cc(OCC)c1OCc1ccc(Cl)cc1. The standard InChI is InChI=1S/C30H33ClN2O5S/c1-4-6-23-15-22(16-25(37-5-2)28(23)38-19-21-7-9-24(31)10-8-21)17-26-29(35)33(30(36)39-26)18-27(34)32-13-11-20(3)12-14-32/h4,7-10,15-17,20H,1,5-6,11-14,18-19H2,2-3H3/b26-17-. The van der Waals surface area contributed by atoms with Gasteiger partial charge in [0.1, 0.15) is 13.2 Å². The molecule has 2 heterocycles. The molecule has 2 saturated heterocycles. The molecular weight excluding hydrogens is 536 g/mol. The molecule has 2 aliphatic rings. The molecule has 2 fully saturated rings. The van der Waals surface area contributed by atoms with Crippen LogP contribution in [-0.4, -0.2) is 53.1 Å². The molecule has 2 aliphatic heterocycles. The first kappa shape index (κ1) is 28.8. The van der Waals surface area contributed by atoms with Crippen molar-refractivity contribution in [2.75, 3.05) is 26.2 Å². The molecule has 0 spiro atoms. The number of hydrogen-bond acceptors (Lipinski definition) is 6. The highest BCUT2D eigenvalue weighted by Gasteiger charge is 2.37. The van der Waals surface area contributed by atoms with Gasteiger partial charge in [-0.15, -0.1) is 6.58 Å². The summed E-state index contributed by atoms with van der Waals surface area (Å²) in [6.45, 7) is 9.73. The third-order valence-electron chi connectivity index (χ3n) is 6.72. The zero-order valence-corrected chi connectivity index (χ0v) is 23.9. The molecule has 0 N–H and O–H groups in total. The Morgan fingerprint density at radius 3 is 2.54 bits per heavy atom. The Labute approximate surface area is 238 Å². The van der Waals surface area contributed by atoms with Gasteiger partial charge in [0.15, 0.2) is 11.5 Å². The lowest BCUT2D eigenvalue weighted by Crippen LogP contribution is -2.45. The summed E-state index contributed by atoms with van der Waals surface area (Å²) in [6.07, 6.45) is 5.81. The minimum atomic E-state index is -0.463. The van der Waals surface area contributed by atoms with Gasteiger partial charge in [0.2, 0.25) is 5.91 Å². The molecule has 39 heavy (non-hydrogen) atoms. The van der Waals surface area contributed by atoms with Crippen LogP contribution in [0.15, 0.2) is 54.0 Å². The predicted molar refractivity (Wildman–Crippen MR) is 155 cm³/mol. The molecule has 0 aliphatic carbocycles. The van der Waals surface area contributed by atoms with Crippen LogP contribution >= 0.6 is 23.4 Å². The lowest BCUT2D eigenvalue weighted by atomic mass is 9.99. The van der Waals surface area contributed by atoms with E-state index in [1.54, 1.807) is 23.1 Å². The highest BCUT2D eigenvalue weighted by molar-refractivity contribution is 8.18. The largest absolute Gasteiger partial charge is 0.490 e. The van der Waals surface area contributed by atoms with E-state index in [0.717, 1.165) is 40.6 Å². The highest BCUT2D eigenvalue weighted by atomic mass is 35.5. The zero-order chi connectivity index (χ0) is 27.9. The Balaban J connectivity index is 1.54. The van der Waals surface area contributed by atoms with Crippen LogP contribution in [0.25, 0.3) is 6.08 Å². The summed E-state index contributed by atoms with van der Waals surface area (Å²) in [6, 6.07) is 11.1. The molecule has 206 valence electrons. The lowest BCUT2D eigenvalue weighted by Gasteiger charge is -2.31. The minimum Gasteiger partial charge on any atom is -0.490 e. The van der Waals surface area contributed by atoms with E-state index in [1.807, 2.05) is 37.3 Å². The zero-order valence-electron chi connectivity index (χ0n) is 22.3. The van der Waals surface area contributed by atoms with Gasteiger partial charge in [0.25, 0.3) is 11.1 Å². The number of carbonyl (C=O) groups excluding carboxylic acids is 3. The van der Waals surface area contributed by atoms with Gasteiger partial charge < -0.3 is 14.4 Å². The maximum Gasteiger partial charge on any atom is 0.294 e. The fourth-order valence-electron chi connectivity index (χ4n) is 4.52. The van der Waals surface area contributed by atoms with E-state index in [9.17, 15) is 14.4 Å². The molecule has 3 amide bonds. The van der Waals surface area contributed by atoms with Gasteiger partial charge in [-0.2, -0.15) is 0 Å². The van der Waals surface area contributed by atoms with Crippen molar-refractivity contribution in [3.05, 3.63) is 75.7 Å². The third-order valence-corrected chi connectivity index (χ3v) is 7.88. The molecule has 0 bridgehead atoms. The van der Waals surface area contributed by atoms with Crippen molar-refractivity contribution in [1.82, 2.24) is 9.80 Å². The van der Waals surface area contributed by atoms with Crippen molar-refractivity contribution in [2.24, 2.45) is 5.92 Å². The highest BCUT2D eigenvalue weighted by Crippen LogP contribution is 2.38. The second-order valence-electron chi connectivity index (χ2n) is 9.68. The van der Waals surface area contributed by atoms with E-state index in [1.165, 1.54) is 0 Å². The number of rotatable bonds is 10. The smallest absolute Gasteiger partial charge is 0.294 e. The van der Waals surface area contributed by atoms with Crippen molar-refractivity contribution in [3.63, 3.8) is 0 Å². The lowest BCUT2D eigenvalue weighted by molar-refractivity contribution is -0.136. The number of allylic oxidation sites excluding steroid dienone is 1. The topological polar surface area (TPSA) is 76.2 Å². The molecule has 0 saturated carbocycles. The molecule has 0 radical (unpaired) electrons. The normalized spacial score (nSPS) is 17.2. The van der Waals surface area contributed by atoms with Crippen LogP contribution in [0.2, 0.25) is 5.02 Å². The van der Waals surface area contributed by atoms with Gasteiger partial charge in [-0.3, -0.25) is 19.3 Å². The Hall–Kier alpha value is -3.23. The predicted octanol–water partition coefficient (Wildman–Crippen LogP) is 6.34. The summed E-state index contributed by atoms with van der Waals surface area (Å²) in [5, 5.41) is 0.213. The first-order chi connectivity index (χ1) is 18.8.